The van der Waals surface area contributed by atoms with E-state index in [1.165, 1.54) is 37.3 Å². The highest BCUT2D eigenvalue weighted by Gasteiger charge is 2.36. The van der Waals surface area contributed by atoms with E-state index >= 15 is 0 Å². The van der Waals surface area contributed by atoms with Gasteiger partial charge in [0.1, 0.15) is 18.1 Å². The number of nitro benzene ring substituents is 1. The third-order valence-corrected chi connectivity index (χ3v) is 3.49. The number of amides is 1. The molecule has 132 valence electrons. The molecule has 0 bridgehead atoms. The molecule has 2 atom stereocenters. The Kier molecular flexibility index (Phi) is 5.25. The maximum absolute atomic E-state index is 12.4. The zero-order valence-electron chi connectivity index (χ0n) is 13.2. The van der Waals surface area contributed by atoms with Crippen LogP contribution in [0.3, 0.4) is 0 Å². The minimum atomic E-state index is -1.25. The van der Waals surface area contributed by atoms with Gasteiger partial charge in [0.15, 0.2) is 0 Å². The number of rotatable bonds is 6. The summed E-state index contributed by atoms with van der Waals surface area (Å²) in [6.45, 7) is 0.754. The summed E-state index contributed by atoms with van der Waals surface area (Å²) < 4.78 is 0. The number of benzene rings is 1. The molecule has 1 amide bonds. The lowest BCUT2D eigenvalue weighted by atomic mass is 10.1. The van der Waals surface area contributed by atoms with Crippen LogP contribution in [-0.4, -0.2) is 56.4 Å². The smallest absolute Gasteiger partial charge is 0.323 e. The lowest BCUT2D eigenvalue weighted by Gasteiger charge is -2.22. The van der Waals surface area contributed by atoms with Crippen molar-refractivity contribution in [1.82, 2.24) is 4.90 Å². The molecule has 0 aliphatic carbocycles. The van der Waals surface area contributed by atoms with Crippen molar-refractivity contribution in [3.8, 4) is 0 Å². The van der Waals surface area contributed by atoms with Crippen LogP contribution in [0.4, 0.5) is 5.69 Å². The van der Waals surface area contributed by atoms with Gasteiger partial charge in [0.05, 0.1) is 17.1 Å². The molecule has 10 heteroatoms. The molecule has 1 aliphatic heterocycles. The van der Waals surface area contributed by atoms with Gasteiger partial charge in [0, 0.05) is 12.1 Å². The molecule has 0 spiro atoms. The summed E-state index contributed by atoms with van der Waals surface area (Å²) in [7, 11) is 0. The van der Waals surface area contributed by atoms with Crippen LogP contribution in [-0.2, 0) is 9.59 Å². The average molecular weight is 348 g/mol. The number of nitrogens with two attached hydrogens (primary N) is 1. The number of aliphatic hydroxyl groups is 1. The highest BCUT2D eigenvalue weighted by Crippen LogP contribution is 2.21. The van der Waals surface area contributed by atoms with E-state index < -0.39 is 35.5 Å². The van der Waals surface area contributed by atoms with Crippen LogP contribution < -0.4 is 5.73 Å². The number of nitrogens with zero attached hydrogens (tertiary/aromatic N) is 3. The molecule has 0 saturated carbocycles. The average Bonchev–Trinajstić information content (AvgIpc) is 2.83. The monoisotopic (exact) mass is 348 g/mol. The normalized spacial score (nSPS) is 18.2. The number of non-ortho nitro benzene ring substituents is 1. The van der Waals surface area contributed by atoms with E-state index in [0.29, 0.717) is 5.56 Å². The Morgan fingerprint density at radius 1 is 1.44 bits per heavy atom. The summed E-state index contributed by atoms with van der Waals surface area (Å²) in [4.78, 5) is 38.4. The van der Waals surface area contributed by atoms with Crippen molar-refractivity contribution in [3.05, 3.63) is 45.6 Å². The van der Waals surface area contributed by atoms with Crippen molar-refractivity contribution >= 4 is 29.5 Å². The van der Waals surface area contributed by atoms with Gasteiger partial charge in [0.25, 0.3) is 11.6 Å². The molecule has 0 radical (unpaired) electrons. The van der Waals surface area contributed by atoms with E-state index in [9.17, 15) is 24.8 Å². The molecule has 0 aromatic heterocycles. The predicted octanol–water partition coefficient (Wildman–Crippen LogP) is -0.0309. The third kappa shape index (κ3) is 4.05. The number of carbonyl (C=O) groups excluding carboxylic acids is 1. The van der Waals surface area contributed by atoms with E-state index in [0.717, 1.165) is 4.90 Å². The minimum absolute atomic E-state index is 0.0458. The first kappa shape index (κ1) is 18.2. The van der Waals surface area contributed by atoms with Crippen molar-refractivity contribution in [2.45, 2.75) is 19.1 Å². The second kappa shape index (κ2) is 7.20. The summed E-state index contributed by atoms with van der Waals surface area (Å²) in [5.41, 5.74) is 6.09. The summed E-state index contributed by atoms with van der Waals surface area (Å²) in [6, 6.07) is 4.37. The number of aliphatic hydroxyl groups excluding tert-OH is 1. The third-order valence-electron chi connectivity index (χ3n) is 3.49. The molecule has 0 fully saturated rings. The highest BCUT2D eigenvalue weighted by molar-refractivity contribution is 6.17. The van der Waals surface area contributed by atoms with E-state index in [1.807, 2.05) is 0 Å². The van der Waals surface area contributed by atoms with E-state index in [1.54, 1.807) is 0 Å². The largest absolute Gasteiger partial charge is 0.480 e. The first-order valence-electron chi connectivity index (χ1n) is 7.22. The second-order valence-corrected chi connectivity index (χ2v) is 5.40. The van der Waals surface area contributed by atoms with Crippen molar-refractivity contribution in [3.63, 3.8) is 0 Å². The number of carboxylic acid groups (broad SMARTS) is 1. The maximum atomic E-state index is 12.4. The molecule has 1 aliphatic rings. The molecule has 1 aromatic rings. The molecular formula is C15H16N4O6. The fraction of sp³-hybridized carbons (Fsp3) is 0.267. The first-order valence-corrected chi connectivity index (χ1v) is 7.22. The molecular weight excluding hydrogens is 332 g/mol. The summed E-state index contributed by atoms with van der Waals surface area (Å²) in [5, 5.41) is 29.2. The van der Waals surface area contributed by atoms with Crippen molar-refractivity contribution in [1.29, 1.82) is 0 Å². The number of amidine groups is 1. The van der Waals surface area contributed by atoms with E-state index in [4.69, 9.17) is 10.8 Å². The zero-order valence-corrected chi connectivity index (χ0v) is 13.2. The first-order chi connectivity index (χ1) is 11.7. The van der Waals surface area contributed by atoms with Crippen molar-refractivity contribution in [2.75, 3.05) is 6.54 Å². The van der Waals surface area contributed by atoms with Gasteiger partial charge in [-0.05, 0) is 30.7 Å². The Morgan fingerprint density at radius 3 is 2.52 bits per heavy atom. The maximum Gasteiger partial charge on any atom is 0.323 e. The molecule has 1 aromatic carbocycles. The Hall–Kier alpha value is -3.11. The lowest BCUT2D eigenvalue weighted by Crippen LogP contribution is -2.50. The topological polar surface area (TPSA) is 159 Å². The van der Waals surface area contributed by atoms with E-state index in [2.05, 4.69) is 4.99 Å². The predicted molar refractivity (Wildman–Crippen MR) is 87.5 cm³/mol. The molecule has 4 N–H and O–H groups in total. The molecule has 0 unspecified atom stereocenters. The summed E-state index contributed by atoms with van der Waals surface area (Å²) in [6.07, 6.45) is 0.324. The SMILES string of the molecule is C[C@@H](O)[C@H](N)C1=N/C(=C\c2ccc([N+](=O)[O-])cc2)C(=O)N1CC(=O)O. The van der Waals surface area contributed by atoms with Gasteiger partial charge < -0.3 is 15.9 Å². The Balaban J connectivity index is 2.37. The minimum Gasteiger partial charge on any atom is -0.480 e. The Morgan fingerprint density at radius 2 is 2.04 bits per heavy atom. The lowest BCUT2D eigenvalue weighted by molar-refractivity contribution is -0.384. The van der Waals surface area contributed by atoms with Gasteiger partial charge in [0.2, 0.25) is 0 Å². The van der Waals surface area contributed by atoms with Gasteiger partial charge >= 0.3 is 5.97 Å². The highest BCUT2D eigenvalue weighted by atomic mass is 16.6. The van der Waals surface area contributed by atoms with Crippen LogP contribution in [0.15, 0.2) is 35.0 Å². The quantitative estimate of drug-likeness (QED) is 0.369. The van der Waals surface area contributed by atoms with Gasteiger partial charge in [-0.15, -0.1) is 0 Å². The number of aliphatic imine (C=N–C) groups is 1. The van der Waals surface area contributed by atoms with Crippen LogP contribution in [0.2, 0.25) is 0 Å². The van der Waals surface area contributed by atoms with Crippen LogP contribution >= 0.6 is 0 Å². The molecule has 25 heavy (non-hydrogen) atoms. The standard InChI is InChI=1S/C15H16N4O6/c1-8(20)13(16)14-17-11(15(23)18(14)7-12(21)22)6-9-2-4-10(5-3-9)19(24)25/h2-6,8,13,20H,7,16H2,1H3,(H,21,22)/b11-6-/t8-,13+/m1/s1. The van der Waals surface area contributed by atoms with Crippen LogP contribution in [0.25, 0.3) is 6.08 Å². The number of nitro groups is 1. The number of hydrogen-bond donors (Lipinski definition) is 3. The number of hydrogen-bond acceptors (Lipinski definition) is 7. The van der Waals surface area contributed by atoms with Gasteiger partial charge in [-0.3, -0.25) is 24.6 Å². The molecule has 0 saturated heterocycles. The van der Waals surface area contributed by atoms with Gasteiger partial charge in [-0.2, -0.15) is 0 Å². The van der Waals surface area contributed by atoms with E-state index in [-0.39, 0.29) is 17.2 Å². The molecule has 1 heterocycles. The summed E-state index contributed by atoms with van der Waals surface area (Å²) >= 11 is 0. The van der Waals surface area contributed by atoms with Crippen molar-refractivity contribution < 1.29 is 24.7 Å². The zero-order chi connectivity index (χ0) is 18.7. The van der Waals surface area contributed by atoms with Crippen LogP contribution in [0.1, 0.15) is 12.5 Å². The second-order valence-electron chi connectivity index (χ2n) is 5.40. The fourth-order valence-electron chi connectivity index (χ4n) is 2.18. The van der Waals surface area contributed by atoms with Crippen LogP contribution in [0.5, 0.6) is 0 Å². The fourth-order valence-corrected chi connectivity index (χ4v) is 2.18. The number of aliphatic carboxylic acids is 1. The summed E-state index contributed by atoms with van der Waals surface area (Å²) in [5.74, 6) is -1.97. The Labute approximate surface area is 142 Å². The Bertz CT molecular complexity index is 769. The van der Waals surface area contributed by atoms with Crippen LogP contribution in [0, 0.1) is 10.1 Å². The number of carboxylic acids is 1. The van der Waals surface area contributed by atoms with Gasteiger partial charge in [-0.25, -0.2) is 4.99 Å². The molecule has 10 nitrogen and oxygen atoms in total. The molecule has 2 rings (SSSR count). The van der Waals surface area contributed by atoms with Gasteiger partial charge in [-0.1, -0.05) is 0 Å². The van der Waals surface area contributed by atoms with Crippen molar-refractivity contribution in [2.24, 2.45) is 10.7 Å². The number of carbonyl (C=O) groups is 2.